The van der Waals surface area contributed by atoms with Crippen molar-refractivity contribution in [2.45, 2.75) is 72.1 Å². The molecular formula is C16H29NO2. The second kappa shape index (κ2) is 8.34. The SMILES string of the molecule is CCCCCCCCN1C(=O)C(CC)C(CC)C1=O. The summed E-state index contributed by atoms with van der Waals surface area (Å²) in [7, 11) is 0. The van der Waals surface area contributed by atoms with Crippen LogP contribution in [-0.2, 0) is 9.59 Å². The summed E-state index contributed by atoms with van der Waals surface area (Å²) in [5.74, 6) is 0.0380. The Morgan fingerprint density at radius 3 is 1.74 bits per heavy atom. The van der Waals surface area contributed by atoms with Gasteiger partial charge in [0.05, 0.1) is 0 Å². The number of unbranched alkanes of at least 4 members (excludes halogenated alkanes) is 5. The van der Waals surface area contributed by atoms with Crippen molar-refractivity contribution in [2.24, 2.45) is 11.8 Å². The average Bonchev–Trinajstić information content (AvgIpc) is 2.65. The molecular weight excluding hydrogens is 238 g/mol. The van der Waals surface area contributed by atoms with Gasteiger partial charge in [-0.2, -0.15) is 0 Å². The number of hydrogen-bond acceptors (Lipinski definition) is 2. The zero-order valence-corrected chi connectivity index (χ0v) is 12.8. The monoisotopic (exact) mass is 267 g/mol. The van der Waals surface area contributed by atoms with Gasteiger partial charge >= 0.3 is 0 Å². The number of likely N-dealkylation sites (tertiary alicyclic amines) is 1. The minimum Gasteiger partial charge on any atom is -0.282 e. The van der Waals surface area contributed by atoms with Crippen molar-refractivity contribution < 1.29 is 9.59 Å². The second-order valence-corrected chi connectivity index (χ2v) is 5.63. The van der Waals surface area contributed by atoms with E-state index in [4.69, 9.17) is 0 Å². The predicted octanol–water partition coefficient (Wildman–Crippen LogP) is 3.77. The van der Waals surface area contributed by atoms with E-state index in [2.05, 4.69) is 6.92 Å². The molecule has 0 bridgehead atoms. The number of rotatable bonds is 9. The van der Waals surface area contributed by atoms with E-state index < -0.39 is 0 Å². The zero-order valence-electron chi connectivity index (χ0n) is 12.8. The third kappa shape index (κ3) is 4.05. The molecule has 0 radical (unpaired) electrons. The van der Waals surface area contributed by atoms with E-state index in [1.165, 1.54) is 30.6 Å². The summed E-state index contributed by atoms with van der Waals surface area (Å²) in [4.78, 5) is 25.9. The molecule has 0 saturated carbocycles. The Labute approximate surface area is 117 Å². The highest BCUT2D eigenvalue weighted by molar-refractivity contribution is 6.05. The van der Waals surface area contributed by atoms with Crippen LogP contribution in [-0.4, -0.2) is 23.3 Å². The Balaban J connectivity index is 2.37. The summed E-state index contributed by atoms with van der Waals surface area (Å²) in [6.45, 7) is 6.85. The molecule has 1 rings (SSSR count). The Morgan fingerprint density at radius 2 is 1.26 bits per heavy atom. The van der Waals surface area contributed by atoms with Crippen LogP contribution >= 0.6 is 0 Å². The highest BCUT2D eigenvalue weighted by Gasteiger charge is 2.44. The maximum atomic E-state index is 12.2. The minimum absolute atomic E-state index is 0.0578. The number of carbonyl (C=O) groups is 2. The maximum Gasteiger partial charge on any atom is 0.233 e. The molecule has 1 aliphatic heterocycles. The molecule has 0 aromatic heterocycles. The van der Waals surface area contributed by atoms with Crippen molar-refractivity contribution in [1.82, 2.24) is 4.90 Å². The van der Waals surface area contributed by atoms with E-state index in [1.54, 1.807) is 0 Å². The molecule has 2 amide bonds. The minimum atomic E-state index is -0.0578. The summed E-state index contributed by atoms with van der Waals surface area (Å²) in [6, 6.07) is 0. The highest BCUT2D eigenvalue weighted by atomic mass is 16.2. The summed E-state index contributed by atoms with van der Waals surface area (Å²) in [6.07, 6.45) is 8.70. The van der Waals surface area contributed by atoms with Crippen LogP contribution < -0.4 is 0 Å². The van der Waals surface area contributed by atoms with E-state index in [1.807, 2.05) is 13.8 Å². The van der Waals surface area contributed by atoms with Crippen LogP contribution in [0.3, 0.4) is 0 Å². The molecule has 0 aromatic rings. The van der Waals surface area contributed by atoms with Gasteiger partial charge in [0.2, 0.25) is 11.8 Å². The molecule has 1 saturated heterocycles. The van der Waals surface area contributed by atoms with E-state index in [0.29, 0.717) is 6.54 Å². The van der Waals surface area contributed by atoms with Gasteiger partial charge in [-0.25, -0.2) is 0 Å². The molecule has 1 aliphatic rings. The quantitative estimate of drug-likeness (QED) is 0.471. The molecule has 0 aliphatic carbocycles. The van der Waals surface area contributed by atoms with E-state index >= 15 is 0 Å². The molecule has 2 unspecified atom stereocenters. The molecule has 0 aromatic carbocycles. The highest BCUT2D eigenvalue weighted by Crippen LogP contribution is 2.31. The van der Waals surface area contributed by atoms with Gasteiger partial charge in [0.25, 0.3) is 0 Å². The van der Waals surface area contributed by atoms with E-state index in [0.717, 1.165) is 25.7 Å². The third-order valence-corrected chi connectivity index (χ3v) is 4.27. The van der Waals surface area contributed by atoms with Crippen LogP contribution in [0, 0.1) is 11.8 Å². The lowest BCUT2D eigenvalue weighted by Crippen LogP contribution is -2.32. The van der Waals surface area contributed by atoms with Gasteiger partial charge in [-0.1, -0.05) is 52.9 Å². The number of amides is 2. The van der Waals surface area contributed by atoms with Gasteiger partial charge < -0.3 is 0 Å². The van der Waals surface area contributed by atoms with Crippen molar-refractivity contribution in [1.29, 1.82) is 0 Å². The van der Waals surface area contributed by atoms with Crippen molar-refractivity contribution in [3.8, 4) is 0 Å². The lowest BCUT2D eigenvalue weighted by atomic mass is 9.91. The number of nitrogens with zero attached hydrogens (tertiary/aromatic N) is 1. The Hall–Kier alpha value is -0.860. The van der Waals surface area contributed by atoms with Crippen molar-refractivity contribution in [3.63, 3.8) is 0 Å². The molecule has 2 atom stereocenters. The smallest absolute Gasteiger partial charge is 0.233 e. The van der Waals surface area contributed by atoms with Gasteiger partial charge in [0.1, 0.15) is 0 Å². The number of hydrogen-bond donors (Lipinski definition) is 0. The molecule has 0 spiro atoms. The first-order valence-corrected chi connectivity index (χ1v) is 8.02. The standard InChI is InChI=1S/C16H29NO2/c1-4-7-8-9-10-11-12-17-15(18)13(5-2)14(6-3)16(17)19/h13-14H,4-12H2,1-3H3. The molecule has 3 heteroatoms. The average molecular weight is 267 g/mol. The zero-order chi connectivity index (χ0) is 14.3. The van der Waals surface area contributed by atoms with Crippen LogP contribution in [0.15, 0.2) is 0 Å². The van der Waals surface area contributed by atoms with Crippen LogP contribution in [0.4, 0.5) is 0 Å². The normalized spacial score (nSPS) is 23.4. The third-order valence-electron chi connectivity index (χ3n) is 4.27. The molecule has 19 heavy (non-hydrogen) atoms. The second-order valence-electron chi connectivity index (χ2n) is 5.63. The first-order valence-electron chi connectivity index (χ1n) is 8.02. The molecule has 1 fully saturated rings. The molecule has 0 N–H and O–H groups in total. The predicted molar refractivity (Wildman–Crippen MR) is 77.7 cm³/mol. The van der Waals surface area contributed by atoms with Gasteiger partial charge in [-0.3, -0.25) is 14.5 Å². The summed E-state index contributed by atoms with van der Waals surface area (Å²) < 4.78 is 0. The Bertz CT molecular complexity index is 279. The Morgan fingerprint density at radius 1 is 0.789 bits per heavy atom. The maximum absolute atomic E-state index is 12.2. The van der Waals surface area contributed by atoms with Gasteiger partial charge in [0.15, 0.2) is 0 Å². The lowest BCUT2D eigenvalue weighted by Gasteiger charge is -2.14. The van der Waals surface area contributed by atoms with Crippen molar-refractivity contribution in [3.05, 3.63) is 0 Å². The van der Waals surface area contributed by atoms with Crippen LogP contribution in [0.5, 0.6) is 0 Å². The fourth-order valence-corrected chi connectivity index (χ4v) is 3.04. The summed E-state index contributed by atoms with van der Waals surface area (Å²) in [5.41, 5.74) is 0. The number of carbonyl (C=O) groups excluding carboxylic acids is 2. The summed E-state index contributed by atoms with van der Waals surface area (Å²) >= 11 is 0. The first-order chi connectivity index (χ1) is 9.17. The molecule has 110 valence electrons. The van der Waals surface area contributed by atoms with Gasteiger partial charge in [0, 0.05) is 18.4 Å². The van der Waals surface area contributed by atoms with Crippen molar-refractivity contribution >= 4 is 11.8 Å². The fourth-order valence-electron chi connectivity index (χ4n) is 3.04. The molecule has 1 heterocycles. The topological polar surface area (TPSA) is 37.4 Å². The van der Waals surface area contributed by atoms with E-state index in [-0.39, 0.29) is 23.7 Å². The number of imide groups is 1. The van der Waals surface area contributed by atoms with Crippen LogP contribution in [0.1, 0.15) is 72.1 Å². The Kier molecular flexibility index (Phi) is 7.11. The largest absolute Gasteiger partial charge is 0.282 e. The van der Waals surface area contributed by atoms with Gasteiger partial charge in [-0.05, 0) is 19.3 Å². The fraction of sp³-hybridized carbons (Fsp3) is 0.875. The lowest BCUT2D eigenvalue weighted by molar-refractivity contribution is -0.140. The summed E-state index contributed by atoms with van der Waals surface area (Å²) in [5, 5.41) is 0. The van der Waals surface area contributed by atoms with E-state index in [9.17, 15) is 9.59 Å². The van der Waals surface area contributed by atoms with Gasteiger partial charge in [-0.15, -0.1) is 0 Å². The van der Waals surface area contributed by atoms with Crippen LogP contribution in [0.25, 0.3) is 0 Å². The van der Waals surface area contributed by atoms with Crippen molar-refractivity contribution in [2.75, 3.05) is 6.54 Å². The van der Waals surface area contributed by atoms with Crippen LogP contribution in [0.2, 0.25) is 0 Å². The first kappa shape index (κ1) is 16.2. The molecule has 3 nitrogen and oxygen atoms in total.